The topological polar surface area (TPSA) is 84.5 Å². The molecule has 3 aromatic rings. The van der Waals surface area contributed by atoms with Crippen molar-refractivity contribution in [1.29, 1.82) is 0 Å². The van der Waals surface area contributed by atoms with Crippen molar-refractivity contribution in [3.05, 3.63) is 87.4 Å². The van der Waals surface area contributed by atoms with E-state index in [9.17, 15) is 14.4 Å². The van der Waals surface area contributed by atoms with E-state index in [4.69, 9.17) is 27.9 Å². The van der Waals surface area contributed by atoms with Gasteiger partial charge in [-0.3, -0.25) is 19.7 Å². The van der Waals surface area contributed by atoms with E-state index in [1.54, 1.807) is 42.5 Å². The molecule has 0 aromatic heterocycles. The van der Waals surface area contributed by atoms with Crippen molar-refractivity contribution >= 4 is 46.6 Å². The monoisotopic (exact) mass is 426 g/mol. The van der Waals surface area contributed by atoms with Gasteiger partial charge in [0, 0.05) is 11.3 Å². The maximum Gasteiger partial charge on any atom is 0.259 e. The van der Waals surface area contributed by atoms with Gasteiger partial charge in [0.1, 0.15) is 11.5 Å². The Kier molecular flexibility index (Phi) is 4.96. The lowest BCUT2D eigenvalue weighted by Gasteiger charge is -2.09. The molecule has 8 heteroatoms. The number of carbonyl (C=O) groups excluding carboxylic acids is 3. The highest BCUT2D eigenvalue weighted by Gasteiger charge is 2.26. The van der Waals surface area contributed by atoms with Gasteiger partial charge in [0.15, 0.2) is 0 Å². The minimum Gasteiger partial charge on any atom is -0.457 e. The van der Waals surface area contributed by atoms with Gasteiger partial charge in [-0.1, -0.05) is 23.2 Å². The van der Waals surface area contributed by atoms with Crippen LogP contribution in [0.2, 0.25) is 10.0 Å². The molecule has 3 amide bonds. The van der Waals surface area contributed by atoms with Crippen LogP contribution >= 0.6 is 23.2 Å². The standard InChI is InChI=1S/C21H12Cl2N2O4/c22-17-8-1-11(9-18(17)23)19(26)24-12-2-4-13(5-3-12)29-14-6-7-15-16(10-14)21(28)25-20(15)27/h1-10H,(H,24,26)(H,25,27,28). The number of benzene rings is 3. The molecule has 0 radical (unpaired) electrons. The Morgan fingerprint density at radius 1 is 0.793 bits per heavy atom. The fourth-order valence-electron chi connectivity index (χ4n) is 2.79. The maximum atomic E-state index is 12.3. The highest BCUT2D eigenvalue weighted by Crippen LogP contribution is 2.27. The molecule has 0 unspecified atom stereocenters. The first-order chi connectivity index (χ1) is 13.9. The van der Waals surface area contributed by atoms with Gasteiger partial charge < -0.3 is 10.1 Å². The third kappa shape index (κ3) is 3.94. The zero-order valence-electron chi connectivity index (χ0n) is 14.7. The van der Waals surface area contributed by atoms with Crippen molar-refractivity contribution < 1.29 is 19.1 Å². The van der Waals surface area contributed by atoms with Crippen LogP contribution in [0, 0.1) is 0 Å². The first-order valence-electron chi connectivity index (χ1n) is 8.45. The summed E-state index contributed by atoms with van der Waals surface area (Å²) in [4.78, 5) is 35.6. The molecule has 1 aliphatic heterocycles. The van der Waals surface area contributed by atoms with E-state index >= 15 is 0 Å². The minimum absolute atomic E-state index is 0.276. The molecule has 0 spiro atoms. The van der Waals surface area contributed by atoms with E-state index in [1.165, 1.54) is 18.2 Å². The molecule has 1 heterocycles. The van der Waals surface area contributed by atoms with Crippen molar-refractivity contribution in [3.8, 4) is 11.5 Å². The Labute approximate surface area is 175 Å². The number of imide groups is 1. The molecule has 0 fully saturated rings. The van der Waals surface area contributed by atoms with Crippen LogP contribution in [-0.4, -0.2) is 17.7 Å². The minimum atomic E-state index is -0.448. The predicted octanol–water partition coefficient (Wildman–Crippen LogP) is 4.92. The first-order valence-corrected chi connectivity index (χ1v) is 9.20. The molecule has 0 saturated carbocycles. The molecule has 0 saturated heterocycles. The first kappa shape index (κ1) is 19.0. The number of carbonyl (C=O) groups is 3. The molecule has 1 aliphatic rings. The fraction of sp³-hybridized carbons (Fsp3) is 0. The van der Waals surface area contributed by atoms with E-state index in [0.29, 0.717) is 38.4 Å². The van der Waals surface area contributed by atoms with Crippen LogP contribution in [0.5, 0.6) is 11.5 Å². The smallest absolute Gasteiger partial charge is 0.259 e. The third-order valence-electron chi connectivity index (χ3n) is 4.24. The Hall–Kier alpha value is -3.35. The van der Waals surface area contributed by atoms with E-state index < -0.39 is 11.8 Å². The number of rotatable bonds is 4. The van der Waals surface area contributed by atoms with Crippen LogP contribution in [0.1, 0.15) is 31.1 Å². The van der Waals surface area contributed by atoms with E-state index in [1.807, 2.05) is 0 Å². The SMILES string of the molecule is O=C(Nc1ccc(Oc2ccc3c(c2)C(=O)NC3=O)cc1)c1ccc(Cl)c(Cl)c1. The Morgan fingerprint density at radius 3 is 2.21 bits per heavy atom. The normalized spacial score (nSPS) is 12.3. The van der Waals surface area contributed by atoms with Gasteiger partial charge in [-0.2, -0.15) is 0 Å². The molecule has 29 heavy (non-hydrogen) atoms. The summed E-state index contributed by atoms with van der Waals surface area (Å²) >= 11 is 11.8. The van der Waals surface area contributed by atoms with Crippen molar-refractivity contribution in [1.82, 2.24) is 5.32 Å². The molecule has 0 aliphatic carbocycles. The van der Waals surface area contributed by atoms with Gasteiger partial charge in [0.25, 0.3) is 17.7 Å². The Balaban J connectivity index is 1.45. The van der Waals surface area contributed by atoms with Crippen LogP contribution in [0.3, 0.4) is 0 Å². The summed E-state index contributed by atoms with van der Waals surface area (Å²) in [5.74, 6) is -0.274. The third-order valence-corrected chi connectivity index (χ3v) is 4.98. The lowest BCUT2D eigenvalue weighted by atomic mass is 10.1. The second kappa shape index (κ2) is 7.58. The molecule has 3 aromatic carbocycles. The number of amides is 3. The average Bonchev–Trinajstić information content (AvgIpc) is 2.99. The zero-order valence-corrected chi connectivity index (χ0v) is 16.2. The van der Waals surface area contributed by atoms with Crippen molar-refractivity contribution in [3.63, 3.8) is 0 Å². The summed E-state index contributed by atoms with van der Waals surface area (Å²) in [5, 5.41) is 5.66. The lowest BCUT2D eigenvalue weighted by molar-refractivity contribution is 0.0878. The Morgan fingerprint density at radius 2 is 1.48 bits per heavy atom. The van der Waals surface area contributed by atoms with Gasteiger partial charge in [-0.15, -0.1) is 0 Å². The second-order valence-electron chi connectivity index (χ2n) is 6.20. The molecule has 0 atom stereocenters. The highest BCUT2D eigenvalue weighted by molar-refractivity contribution is 6.42. The number of nitrogens with one attached hydrogen (secondary N) is 2. The second-order valence-corrected chi connectivity index (χ2v) is 7.01. The maximum absolute atomic E-state index is 12.3. The molecule has 4 rings (SSSR count). The molecule has 0 bridgehead atoms. The van der Waals surface area contributed by atoms with Gasteiger partial charge in [0.05, 0.1) is 21.2 Å². The van der Waals surface area contributed by atoms with E-state index in [2.05, 4.69) is 10.6 Å². The highest BCUT2D eigenvalue weighted by atomic mass is 35.5. The zero-order chi connectivity index (χ0) is 20.5. The van der Waals surface area contributed by atoms with E-state index in [0.717, 1.165) is 0 Å². The number of halogens is 2. The number of hydrogen-bond acceptors (Lipinski definition) is 4. The van der Waals surface area contributed by atoms with Crippen LogP contribution in [0.4, 0.5) is 5.69 Å². The summed E-state index contributed by atoms with van der Waals surface area (Å²) in [7, 11) is 0. The van der Waals surface area contributed by atoms with Crippen molar-refractivity contribution in [2.75, 3.05) is 5.32 Å². The van der Waals surface area contributed by atoms with E-state index in [-0.39, 0.29) is 11.5 Å². The average molecular weight is 427 g/mol. The summed E-state index contributed by atoms with van der Waals surface area (Å²) in [6, 6.07) is 16.0. The quantitative estimate of drug-likeness (QED) is 0.579. The van der Waals surface area contributed by atoms with Gasteiger partial charge >= 0.3 is 0 Å². The number of hydrogen-bond donors (Lipinski definition) is 2. The fourth-order valence-corrected chi connectivity index (χ4v) is 3.09. The van der Waals surface area contributed by atoms with Crippen LogP contribution < -0.4 is 15.4 Å². The number of anilines is 1. The largest absolute Gasteiger partial charge is 0.457 e. The van der Waals surface area contributed by atoms with Crippen LogP contribution in [0.25, 0.3) is 0 Å². The summed E-state index contributed by atoms with van der Waals surface area (Å²) in [6.45, 7) is 0. The number of fused-ring (bicyclic) bond motifs is 1. The Bertz CT molecular complexity index is 1160. The molecule has 2 N–H and O–H groups in total. The number of ether oxygens (including phenoxy) is 1. The van der Waals surface area contributed by atoms with Gasteiger partial charge in [-0.05, 0) is 60.7 Å². The van der Waals surface area contributed by atoms with Crippen molar-refractivity contribution in [2.24, 2.45) is 0 Å². The molecular formula is C21H12Cl2N2O4. The molecule has 6 nitrogen and oxygen atoms in total. The van der Waals surface area contributed by atoms with Crippen molar-refractivity contribution in [2.45, 2.75) is 0 Å². The summed E-state index contributed by atoms with van der Waals surface area (Å²) in [5.41, 5.74) is 1.54. The van der Waals surface area contributed by atoms with Crippen LogP contribution in [0.15, 0.2) is 60.7 Å². The molecular weight excluding hydrogens is 415 g/mol. The van der Waals surface area contributed by atoms with Crippen LogP contribution in [-0.2, 0) is 0 Å². The predicted molar refractivity (Wildman–Crippen MR) is 109 cm³/mol. The van der Waals surface area contributed by atoms with Gasteiger partial charge in [-0.25, -0.2) is 0 Å². The summed E-state index contributed by atoms with van der Waals surface area (Å²) < 4.78 is 5.72. The lowest BCUT2D eigenvalue weighted by Crippen LogP contribution is -2.19. The summed E-state index contributed by atoms with van der Waals surface area (Å²) in [6.07, 6.45) is 0. The molecule has 144 valence electrons. The van der Waals surface area contributed by atoms with Gasteiger partial charge in [0.2, 0.25) is 0 Å².